The predicted molar refractivity (Wildman–Crippen MR) is 109 cm³/mol. The van der Waals surface area contributed by atoms with Crippen LogP contribution in [-0.4, -0.2) is 34.8 Å². The van der Waals surface area contributed by atoms with Crippen LogP contribution in [0.5, 0.6) is 0 Å². The summed E-state index contributed by atoms with van der Waals surface area (Å²) in [7, 11) is 0. The van der Waals surface area contributed by atoms with Gasteiger partial charge in [0.1, 0.15) is 0 Å². The summed E-state index contributed by atoms with van der Waals surface area (Å²) in [5, 5.41) is 3.21. The van der Waals surface area contributed by atoms with Crippen LogP contribution in [0.15, 0.2) is 29.3 Å². The Hall–Kier alpha value is -2.37. The van der Waals surface area contributed by atoms with Gasteiger partial charge in [-0.25, -0.2) is 4.99 Å². The lowest BCUT2D eigenvalue weighted by atomic mass is 9.88. The van der Waals surface area contributed by atoms with Gasteiger partial charge in [-0.1, -0.05) is 38.1 Å². The van der Waals surface area contributed by atoms with Crippen molar-refractivity contribution in [3.05, 3.63) is 35.4 Å². The Labute approximate surface area is 166 Å². The summed E-state index contributed by atoms with van der Waals surface area (Å²) in [6.45, 7) is 4.59. The van der Waals surface area contributed by atoms with Crippen molar-refractivity contribution in [2.45, 2.75) is 64.0 Å². The molecule has 150 valence electrons. The van der Waals surface area contributed by atoms with Gasteiger partial charge < -0.3 is 11.1 Å². The molecule has 3 atom stereocenters. The molecule has 0 aromatic heterocycles. The van der Waals surface area contributed by atoms with E-state index in [-0.39, 0.29) is 35.2 Å². The smallest absolute Gasteiger partial charge is 0.231 e. The van der Waals surface area contributed by atoms with Crippen molar-refractivity contribution >= 4 is 17.8 Å². The number of nitrogens with one attached hydrogen (secondary N) is 1. The summed E-state index contributed by atoms with van der Waals surface area (Å²) >= 11 is 0. The summed E-state index contributed by atoms with van der Waals surface area (Å²) in [4.78, 5) is 31.6. The molecule has 6 heteroatoms. The first-order chi connectivity index (χ1) is 13.5. The SMILES string of the molecule is CCC1(CC)CC(=O)N(C[C@H]2CC2C(=O)N[C@@H]2CCc3ccccc32)C(N)=N1. The number of carbonyl (C=O) groups excluding carboxylic acids is 2. The first kappa shape index (κ1) is 19.0. The Morgan fingerprint density at radius 3 is 2.79 bits per heavy atom. The third-order valence-electron chi connectivity index (χ3n) is 6.85. The van der Waals surface area contributed by atoms with Gasteiger partial charge in [-0.3, -0.25) is 14.5 Å². The highest BCUT2D eigenvalue weighted by Crippen LogP contribution is 2.41. The van der Waals surface area contributed by atoms with Crippen molar-refractivity contribution in [3.63, 3.8) is 0 Å². The van der Waals surface area contributed by atoms with E-state index >= 15 is 0 Å². The van der Waals surface area contributed by atoms with Crippen molar-refractivity contribution in [2.24, 2.45) is 22.6 Å². The molecule has 0 saturated heterocycles. The highest BCUT2D eigenvalue weighted by Gasteiger charge is 2.47. The van der Waals surface area contributed by atoms with E-state index in [1.807, 2.05) is 26.0 Å². The van der Waals surface area contributed by atoms with Gasteiger partial charge in [-0.05, 0) is 49.1 Å². The molecule has 4 rings (SSSR count). The molecule has 1 heterocycles. The van der Waals surface area contributed by atoms with E-state index in [4.69, 9.17) is 5.73 Å². The molecule has 0 spiro atoms. The van der Waals surface area contributed by atoms with Gasteiger partial charge in [0.15, 0.2) is 5.96 Å². The zero-order valence-electron chi connectivity index (χ0n) is 16.8. The lowest BCUT2D eigenvalue weighted by Crippen LogP contribution is -2.52. The summed E-state index contributed by atoms with van der Waals surface area (Å²) in [6.07, 6.45) is 4.80. The maximum absolute atomic E-state index is 12.7. The minimum Gasteiger partial charge on any atom is -0.369 e. The minimum absolute atomic E-state index is 0.0302. The predicted octanol–water partition coefficient (Wildman–Crippen LogP) is 2.53. The summed E-state index contributed by atoms with van der Waals surface area (Å²) in [5.74, 6) is 0.591. The second-order valence-corrected chi connectivity index (χ2v) is 8.48. The zero-order chi connectivity index (χ0) is 19.9. The first-order valence-corrected chi connectivity index (χ1v) is 10.5. The van der Waals surface area contributed by atoms with Gasteiger partial charge >= 0.3 is 0 Å². The van der Waals surface area contributed by atoms with Crippen molar-refractivity contribution < 1.29 is 9.59 Å². The third kappa shape index (κ3) is 3.40. The molecule has 1 aliphatic heterocycles. The number of aryl methyl sites for hydroxylation is 1. The fourth-order valence-corrected chi connectivity index (χ4v) is 4.69. The Morgan fingerprint density at radius 2 is 2.07 bits per heavy atom. The van der Waals surface area contributed by atoms with Crippen molar-refractivity contribution in [1.82, 2.24) is 10.2 Å². The normalized spacial score (nSPS) is 27.9. The second-order valence-electron chi connectivity index (χ2n) is 8.48. The maximum atomic E-state index is 12.7. The van der Waals surface area contributed by atoms with E-state index in [1.165, 1.54) is 11.1 Å². The molecule has 28 heavy (non-hydrogen) atoms. The topological polar surface area (TPSA) is 87.8 Å². The lowest BCUT2D eigenvalue weighted by molar-refractivity contribution is -0.130. The van der Waals surface area contributed by atoms with Crippen LogP contribution in [0.3, 0.4) is 0 Å². The minimum atomic E-state index is -0.353. The molecule has 2 amide bonds. The number of hydrogen-bond donors (Lipinski definition) is 2. The Balaban J connectivity index is 1.35. The van der Waals surface area contributed by atoms with E-state index in [0.717, 1.165) is 32.1 Å². The molecular weight excluding hydrogens is 352 g/mol. The van der Waals surface area contributed by atoms with Crippen LogP contribution in [-0.2, 0) is 16.0 Å². The van der Waals surface area contributed by atoms with Gasteiger partial charge in [0.2, 0.25) is 11.8 Å². The van der Waals surface area contributed by atoms with Crippen molar-refractivity contribution in [2.75, 3.05) is 6.54 Å². The van der Waals surface area contributed by atoms with Crippen molar-refractivity contribution in [1.29, 1.82) is 0 Å². The van der Waals surface area contributed by atoms with Crippen LogP contribution in [0, 0.1) is 11.8 Å². The average Bonchev–Trinajstić information content (AvgIpc) is 3.37. The molecular formula is C22H30N4O2. The van der Waals surface area contributed by atoms with E-state index in [2.05, 4.69) is 22.4 Å². The monoisotopic (exact) mass is 382 g/mol. The molecule has 2 aliphatic carbocycles. The number of hydrogen-bond acceptors (Lipinski definition) is 4. The van der Waals surface area contributed by atoms with Gasteiger partial charge in [-0.2, -0.15) is 0 Å². The Kier molecular flexibility index (Phi) is 4.89. The molecule has 1 aromatic carbocycles. The number of nitrogens with two attached hydrogens (primary N) is 1. The van der Waals surface area contributed by atoms with Crippen molar-refractivity contribution in [3.8, 4) is 0 Å². The van der Waals surface area contributed by atoms with Gasteiger partial charge in [0.25, 0.3) is 0 Å². The highest BCUT2D eigenvalue weighted by atomic mass is 16.2. The van der Waals surface area contributed by atoms with Gasteiger partial charge in [0, 0.05) is 12.5 Å². The van der Waals surface area contributed by atoms with Gasteiger partial charge in [-0.15, -0.1) is 0 Å². The van der Waals surface area contributed by atoms with E-state index in [9.17, 15) is 9.59 Å². The largest absolute Gasteiger partial charge is 0.369 e. The fourth-order valence-electron chi connectivity index (χ4n) is 4.69. The lowest BCUT2D eigenvalue weighted by Gasteiger charge is -2.36. The van der Waals surface area contributed by atoms with Crippen LogP contribution in [0.2, 0.25) is 0 Å². The molecule has 0 bridgehead atoms. The highest BCUT2D eigenvalue weighted by molar-refractivity contribution is 5.99. The number of benzene rings is 1. The van der Waals surface area contributed by atoms with E-state index in [0.29, 0.717) is 18.9 Å². The molecule has 0 radical (unpaired) electrons. The number of fused-ring (bicyclic) bond motifs is 1. The zero-order valence-corrected chi connectivity index (χ0v) is 16.8. The maximum Gasteiger partial charge on any atom is 0.231 e. The summed E-state index contributed by atoms with van der Waals surface area (Å²) in [5.41, 5.74) is 8.35. The van der Waals surface area contributed by atoms with Crippen LogP contribution in [0.4, 0.5) is 0 Å². The standard InChI is InChI=1S/C22H30N4O2/c1-3-22(4-2)12-19(27)26(21(23)25-22)13-15-11-17(15)20(28)24-18-10-9-14-7-5-6-8-16(14)18/h5-8,15,17-18H,3-4,9-13H2,1-2H3,(H2,23,25)(H,24,28)/t15-,17?,18-/m1/s1. The number of carbonyl (C=O) groups is 2. The van der Waals surface area contributed by atoms with Crippen LogP contribution >= 0.6 is 0 Å². The number of nitrogens with zero attached hydrogens (tertiary/aromatic N) is 2. The molecule has 1 saturated carbocycles. The van der Waals surface area contributed by atoms with Gasteiger partial charge in [0.05, 0.1) is 18.0 Å². The van der Waals surface area contributed by atoms with Crippen LogP contribution in [0.25, 0.3) is 0 Å². The molecule has 3 aliphatic rings. The molecule has 3 N–H and O–H groups in total. The Bertz CT molecular complexity index is 815. The van der Waals surface area contributed by atoms with Crippen LogP contribution in [0.1, 0.15) is 63.1 Å². The third-order valence-corrected chi connectivity index (χ3v) is 6.85. The first-order valence-electron chi connectivity index (χ1n) is 10.5. The number of amides is 2. The number of guanidine groups is 1. The molecule has 6 nitrogen and oxygen atoms in total. The second kappa shape index (κ2) is 7.22. The average molecular weight is 383 g/mol. The number of rotatable bonds is 6. The molecule has 1 fully saturated rings. The van der Waals surface area contributed by atoms with E-state index in [1.54, 1.807) is 4.90 Å². The van der Waals surface area contributed by atoms with Crippen LogP contribution < -0.4 is 11.1 Å². The number of aliphatic imine (C=N–C) groups is 1. The van der Waals surface area contributed by atoms with E-state index < -0.39 is 0 Å². The Morgan fingerprint density at radius 1 is 1.32 bits per heavy atom. The summed E-state index contributed by atoms with van der Waals surface area (Å²) in [6, 6.07) is 8.43. The quantitative estimate of drug-likeness (QED) is 0.792. The molecule has 1 aromatic rings. The summed E-state index contributed by atoms with van der Waals surface area (Å²) < 4.78 is 0. The fraction of sp³-hybridized carbons (Fsp3) is 0.591. The molecule has 1 unspecified atom stereocenters.